The van der Waals surface area contributed by atoms with Crippen LogP contribution in [-0.2, 0) is 0 Å². The van der Waals surface area contributed by atoms with E-state index in [1.54, 1.807) is 40.6 Å². The lowest BCUT2D eigenvalue weighted by Gasteiger charge is -2.14. The van der Waals surface area contributed by atoms with Crippen molar-refractivity contribution in [1.29, 1.82) is 0 Å². The van der Waals surface area contributed by atoms with E-state index in [2.05, 4.69) is 5.32 Å². The highest BCUT2D eigenvalue weighted by molar-refractivity contribution is 6.04. The summed E-state index contributed by atoms with van der Waals surface area (Å²) in [5, 5.41) is 3.10. The van der Waals surface area contributed by atoms with Crippen LogP contribution in [0.4, 0.5) is 10.1 Å². The molecule has 0 amide bonds. The van der Waals surface area contributed by atoms with Gasteiger partial charge in [0.25, 0.3) is 0 Å². The van der Waals surface area contributed by atoms with Gasteiger partial charge in [0.05, 0.1) is 42.7 Å². The Morgan fingerprint density at radius 3 is 1.87 bits per heavy atom. The number of anilines is 1. The number of hydrogen-bond acceptors (Lipinski definition) is 8. The summed E-state index contributed by atoms with van der Waals surface area (Å²) in [5.41, 5.74) is 2.36. The summed E-state index contributed by atoms with van der Waals surface area (Å²) >= 11 is 0. The summed E-state index contributed by atoms with van der Waals surface area (Å²) in [4.78, 5) is 12.6. The highest BCUT2D eigenvalue weighted by Crippen LogP contribution is 2.39. The minimum atomic E-state index is -0.612. The predicted molar refractivity (Wildman–Crippen MR) is 145 cm³/mol. The fourth-order valence-corrected chi connectivity index (χ4v) is 3.66. The maximum atomic E-state index is 14.0. The van der Waals surface area contributed by atoms with E-state index in [-0.39, 0.29) is 17.1 Å². The molecular formula is C29H30FNO7. The van der Waals surface area contributed by atoms with Gasteiger partial charge in [-0.25, -0.2) is 4.39 Å². The topological polar surface area (TPSA) is 84.5 Å². The largest absolute Gasteiger partial charge is 0.494 e. The number of carbonyl (C=O) groups excluding carboxylic acids is 1. The zero-order valence-electron chi connectivity index (χ0n) is 22.1. The first-order chi connectivity index (χ1) is 18.4. The molecule has 0 atom stereocenters. The summed E-state index contributed by atoms with van der Waals surface area (Å²) in [6.45, 7) is 0. The number of ether oxygens (including phenoxy) is 6. The van der Waals surface area contributed by atoms with Gasteiger partial charge in [-0.3, -0.25) is 4.79 Å². The maximum Gasteiger partial charge on any atom is 0.203 e. The summed E-state index contributed by atoms with van der Waals surface area (Å²) < 4.78 is 46.0. The van der Waals surface area contributed by atoms with E-state index in [1.807, 2.05) is 24.3 Å². The minimum Gasteiger partial charge on any atom is -0.494 e. The van der Waals surface area contributed by atoms with Crippen molar-refractivity contribution in [2.45, 2.75) is 0 Å². The molecule has 0 aliphatic carbocycles. The fourth-order valence-electron chi connectivity index (χ4n) is 3.66. The second-order valence-electron chi connectivity index (χ2n) is 7.78. The monoisotopic (exact) mass is 523 g/mol. The Bertz CT molecular complexity index is 1330. The third-order valence-electron chi connectivity index (χ3n) is 5.61. The van der Waals surface area contributed by atoms with Gasteiger partial charge in [0.1, 0.15) is 0 Å². The van der Waals surface area contributed by atoms with E-state index in [0.29, 0.717) is 34.4 Å². The lowest BCUT2D eigenvalue weighted by Crippen LogP contribution is -2.00. The number of carbonyl (C=O) groups is 1. The van der Waals surface area contributed by atoms with Gasteiger partial charge in [-0.2, -0.15) is 0 Å². The van der Waals surface area contributed by atoms with E-state index in [1.165, 1.54) is 38.6 Å². The van der Waals surface area contributed by atoms with Gasteiger partial charge < -0.3 is 33.7 Å². The molecule has 0 bridgehead atoms. The number of allylic oxidation sites excluding steroid dienone is 1. The lowest BCUT2D eigenvalue weighted by atomic mass is 10.1. The molecule has 0 spiro atoms. The van der Waals surface area contributed by atoms with Crippen LogP contribution in [0.5, 0.6) is 34.5 Å². The summed E-state index contributed by atoms with van der Waals surface area (Å²) in [6, 6.07) is 11.2. The van der Waals surface area contributed by atoms with Crippen LogP contribution in [0.3, 0.4) is 0 Å². The molecule has 0 aromatic heterocycles. The second-order valence-corrected chi connectivity index (χ2v) is 7.78. The standard InChI is InChI=1S/C29H30FNO7/c1-33-24-10-9-20(15-21(24)30)23(32)11-12-31-22-17-26(35-3)25(34-2)16-19(22)8-7-18-13-27(36-4)29(38-6)28(14-18)37-5/h7-17,31H,1-6H3/b8-7-,12-11-. The van der Waals surface area contributed by atoms with E-state index in [9.17, 15) is 9.18 Å². The number of hydrogen-bond donors (Lipinski definition) is 1. The minimum absolute atomic E-state index is 0.0671. The van der Waals surface area contributed by atoms with Crippen LogP contribution in [0.1, 0.15) is 21.5 Å². The van der Waals surface area contributed by atoms with Crippen molar-refractivity contribution >= 4 is 23.6 Å². The van der Waals surface area contributed by atoms with Crippen LogP contribution in [0, 0.1) is 5.82 Å². The van der Waals surface area contributed by atoms with Gasteiger partial charge in [-0.15, -0.1) is 0 Å². The van der Waals surface area contributed by atoms with Crippen molar-refractivity contribution in [3.63, 3.8) is 0 Å². The van der Waals surface area contributed by atoms with Crippen molar-refractivity contribution in [2.75, 3.05) is 48.0 Å². The molecule has 9 heteroatoms. The Morgan fingerprint density at radius 2 is 1.32 bits per heavy atom. The number of nitrogens with one attached hydrogen (secondary N) is 1. The third-order valence-corrected chi connectivity index (χ3v) is 5.61. The molecule has 0 fully saturated rings. The zero-order valence-corrected chi connectivity index (χ0v) is 22.1. The van der Waals surface area contributed by atoms with E-state index in [4.69, 9.17) is 28.4 Å². The molecule has 3 rings (SSSR count). The molecule has 1 N–H and O–H groups in total. The lowest BCUT2D eigenvalue weighted by molar-refractivity contribution is 0.104. The Kier molecular flexibility index (Phi) is 9.59. The zero-order chi connectivity index (χ0) is 27.7. The number of halogens is 1. The average molecular weight is 524 g/mol. The second kappa shape index (κ2) is 13.0. The van der Waals surface area contributed by atoms with Crippen LogP contribution < -0.4 is 33.7 Å². The van der Waals surface area contributed by atoms with Gasteiger partial charge in [0, 0.05) is 35.2 Å². The summed E-state index contributed by atoms with van der Waals surface area (Å²) in [6.07, 6.45) is 6.51. The van der Waals surface area contributed by atoms with Crippen molar-refractivity contribution in [2.24, 2.45) is 0 Å². The van der Waals surface area contributed by atoms with Gasteiger partial charge in [0.15, 0.2) is 40.3 Å². The molecule has 8 nitrogen and oxygen atoms in total. The first-order valence-electron chi connectivity index (χ1n) is 11.4. The summed E-state index contributed by atoms with van der Waals surface area (Å²) in [7, 11) is 9.08. The molecule has 3 aromatic carbocycles. The highest BCUT2D eigenvalue weighted by atomic mass is 19.1. The SMILES string of the molecule is COc1ccc(C(=O)/C=C\Nc2cc(OC)c(OC)cc2/C=C\c2cc(OC)c(OC)c(OC)c2)cc1F. The number of ketones is 1. The van der Waals surface area contributed by atoms with Crippen LogP contribution in [-0.4, -0.2) is 48.4 Å². The average Bonchev–Trinajstić information content (AvgIpc) is 2.95. The summed E-state index contributed by atoms with van der Waals surface area (Å²) in [5.74, 6) is 1.63. The quantitative estimate of drug-likeness (QED) is 0.180. The molecule has 38 heavy (non-hydrogen) atoms. The van der Waals surface area contributed by atoms with E-state index < -0.39 is 5.82 Å². The molecule has 3 aromatic rings. The molecular weight excluding hydrogens is 493 g/mol. The van der Waals surface area contributed by atoms with Crippen LogP contribution in [0.2, 0.25) is 0 Å². The molecule has 0 unspecified atom stereocenters. The maximum absolute atomic E-state index is 14.0. The van der Waals surface area contributed by atoms with Gasteiger partial charge in [0.2, 0.25) is 5.75 Å². The fraction of sp³-hybridized carbons (Fsp3) is 0.207. The van der Waals surface area contributed by atoms with Gasteiger partial charge >= 0.3 is 0 Å². The Labute approximate surface area is 221 Å². The number of rotatable bonds is 12. The van der Waals surface area contributed by atoms with Crippen molar-refractivity contribution < 1.29 is 37.6 Å². The highest BCUT2D eigenvalue weighted by Gasteiger charge is 2.13. The predicted octanol–water partition coefficient (Wildman–Crippen LogP) is 5.86. The molecule has 0 saturated carbocycles. The van der Waals surface area contributed by atoms with Crippen molar-refractivity contribution in [3.8, 4) is 34.5 Å². The number of benzene rings is 3. The van der Waals surface area contributed by atoms with Crippen molar-refractivity contribution in [3.05, 3.63) is 77.2 Å². The Balaban J connectivity index is 1.92. The molecule has 0 aliphatic heterocycles. The molecule has 0 saturated heterocycles. The molecule has 0 heterocycles. The first-order valence-corrected chi connectivity index (χ1v) is 11.4. The van der Waals surface area contributed by atoms with Crippen LogP contribution in [0.15, 0.2) is 54.7 Å². The number of methoxy groups -OCH3 is 6. The van der Waals surface area contributed by atoms with Crippen molar-refractivity contribution in [1.82, 2.24) is 0 Å². The van der Waals surface area contributed by atoms with Crippen LogP contribution in [0.25, 0.3) is 12.2 Å². The normalized spacial score (nSPS) is 10.9. The van der Waals surface area contributed by atoms with Crippen LogP contribution >= 0.6 is 0 Å². The first kappa shape index (κ1) is 27.9. The molecule has 0 radical (unpaired) electrons. The Morgan fingerprint density at radius 1 is 0.711 bits per heavy atom. The van der Waals surface area contributed by atoms with Gasteiger partial charge in [-0.1, -0.05) is 12.2 Å². The van der Waals surface area contributed by atoms with E-state index in [0.717, 1.165) is 17.2 Å². The van der Waals surface area contributed by atoms with Gasteiger partial charge in [-0.05, 0) is 42.0 Å². The Hall–Kier alpha value is -4.66. The third kappa shape index (κ3) is 6.36. The molecule has 0 aliphatic rings. The smallest absolute Gasteiger partial charge is 0.203 e. The van der Waals surface area contributed by atoms with E-state index >= 15 is 0 Å². The molecule has 200 valence electrons.